The molecule has 2 heterocycles. The van der Waals surface area contributed by atoms with Gasteiger partial charge in [0.2, 0.25) is 0 Å². The van der Waals surface area contributed by atoms with Crippen LogP contribution in [0.3, 0.4) is 0 Å². The van der Waals surface area contributed by atoms with Crippen LogP contribution in [0.5, 0.6) is 0 Å². The summed E-state index contributed by atoms with van der Waals surface area (Å²) < 4.78 is 1.94. The molecule has 9 nitrogen and oxygen atoms in total. The number of rotatable bonds is 4. The second kappa shape index (κ2) is 9.65. The van der Waals surface area contributed by atoms with Gasteiger partial charge < -0.3 is 9.74 Å². The fourth-order valence-corrected chi connectivity index (χ4v) is 2.28. The smallest absolute Gasteiger partial charge is 0.372 e. The van der Waals surface area contributed by atoms with Crippen LogP contribution in [0.4, 0.5) is 4.79 Å². The largest absolute Gasteiger partial charge is 0.392 e. The van der Waals surface area contributed by atoms with Crippen molar-refractivity contribution in [1.29, 1.82) is 0 Å². The number of aromatic nitrogens is 4. The molecule has 1 aromatic carbocycles. The normalized spacial score (nSPS) is 15.6. The molecule has 0 radical (unpaired) electrons. The Morgan fingerprint density at radius 2 is 1.81 bits per heavy atom. The van der Waals surface area contributed by atoms with E-state index in [-0.39, 0.29) is 12.1 Å². The lowest BCUT2D eigenvalue weighted by Crippen LogP contribution is -2.42. The third kappa shape index (κ3) is 5.77. The summed E-state index contributed by atoms with van der Waals surface area (Å²) in [4.78, 5) is 30.8. The maximum atomic E-state index is 12.1. The highest BCUT2D eigenvalue weighted by atomic mass is 16.6. The molecule has 0 saturated carbocycles. The van der Waals surface area contributed by atoms with Crippen LogP contribution in [0.2, 0.25) is 0 Å². The quantitative estimate of drug-likeness (QED) is 0.763. The molecule has 27 heavy (non-hydrogen) atoms. The maximum absolute atomic E-state index is 12.1. The third-order valence-corrected chi connectivity index (χ3v) is 4.11. The van der Waals surface area contributed by atoms with Gasteiger partial charge in [-0.05, 0) is 31.2 Å². The van der Waals surface area contributed by atoms with Gasteiger partial charge in [0, 0.05) is 25.9 Å². The van der Waals surface area contributed by atoms with E-state index in [2.05, 4.69) is 15.6 Å². The first-order valence-corrected chi connectivity index (χ1v) is 8.89. The average Bonchev–Trinajstić information content (AvgIpc) is 3.26. The number of aryl methyl sites for hydroxylation is 1. The Balaban J connectivity index is 0.000000369. The van der Waals surface area contributed by atoms with Crippen molar-refractivity contribution in [2.45, 2.75) is 52.3 Å². The van der Waals surface area contributed by atoms with Crippen molar-refractivity contribution in [3.8, 4) is 0 Å². The maximum Gasteiger partial charge on any atom is 0.372 e. The zero-order valence-corrected chi connectivity index (χ0v) is 16.1. The Kier molecular flexibility index (Phi) is 7.27. The van der Waals surface area contributed by atoms with E-state index >= 15 is 0 Å². The summed E-state index contributed by atoms with van der Waals surface area (Å²) in [5.74, 6) is 0. The predicted octanol–water partition coefficient (Wildman–Crippen LogP) is 1.99. The van der Waals surface area contributed by atoms with Crippen LogP contribution in [0.25, 0.3) is 0 Å². The van der Waals surface area contributed by atoms with E-state index in [9.17, 15) is 9.59 Å². The van der Waals surface area contributed by atoms with Gasteiger partial charge >= 0.3 is 11.7 Å². The van der Waals surface area contributed by atoms with Crippen molar-refractivity contribution in [3.63, 3.8) is 0 Å². The van der Waals surface area contributed by atoms with Crippen molar-refractivity contribution >= 4 is 11.7 Å². The summed E-state index contributed by atoms with van der Waals surface area (Å²) in [6.07, 6.45) is 1.29. The van der Waals surface area contributed by atoms with Crippen LogP contribution in [-0.4, -0.2) is 55.6 Å². The zero-order chi connectivity index (χ0) is 19.8. The van der Waals surface area contributed by atoms with Gasteiger partial charge in [-0.25, -0.2) is 9.59 Å². The number of nitrogens with zero attached hydrogens (tertiary/aromatic N) is 6. The first-order chi connectivity index (χ1) is 12.9. The Hall–Kier alpha value is -2.97. The SMILES string of the molecule is CC1=NOC(CCn2nnn(C(=O)N(C)C(C)C)c2=O)C1.c1ccccc1. The molecule has 1 aromatic heterocycles. The number of hydrogen-bond donors (Lipinski definition) is 0. The molecule has 1 unspecified atom stereocenters. The molecular formula is C18H26N6O3. The lowest BCUT2D eigenvalue weighted by molar-refractivity contribution is 0.0746. The Bertz CT molecular complexity index is 785. The van der Waals surface area contributed by atoms with Crippen LogP contribution in [0.1, 0.15) is 33.6 Å². The number of hydrogen-bond acceptors (Lipinski definition) is 6. The molecule has 0 aliphatic carbocycles. The van der Waals surface area contributed by atoms with Gasteiger partial charge in [-0.15, -0.1) is 4.68 Å². The van der Waals surface area contributed by atoms with Crippen LogP contribution < -0.4 is 5.69 Å². The minimum absolute atomic E-state index is 0.0263. The number of tetrazole rings is 1. The van der Waals surface area contributed by atoms with Crippen LogP contribution >= 0.6 is 0 Å². The van der Waals surface area contributed by atoms with Crippen LogP contribution in [0, 0.1) is 0 Å². The Labute approximate surface area is 158 Å². The van der Waals surface area contributed by atoms with Gasteiger partial charge in [-0.3, -0.25) is 0 Å². The molecule has 0 N–H and O–H groups in total. The number of amides is 1. The molecule has 0 fully saturated rings. The van der Waals surface area contributed by atoms with Gasteiger partial charge in [0.25, 0.3) is 0 Å². The minimum atomic E-state index is -0.539. The number of carbonyl (C=O) groups is 1. The fraction of sp³-hybridized carbons (Fsp3) is 0.500. The molecule has 0 bridgehead atoms. The Morgan fingerprint density at radius 3 is 2.30 bits per heavy atom. The Morgan fingerprint density at radius 1 is 1.22 bits per heavy atom. The number of carbonyl (C=O) groups excluding carboxylic acids is 1. The molecule has 1 aliphatic rings. The highest BCUT2D eigenvalue weighted by molar-refractivity contribution is 5.82. The van der Waals surface area contributed by atoms with E-state index in [1.54, 1.807) is 7.05 Å². The topological polar surface area (TPSA) is 94.6 Å². The number of benzene rings is 1. The van der Waals surface area contributed by atoms with Gasteiger partial charge in [0.15, 0.2) is 0 Å². The lowest BCUT2D eigenvalue weighted by atomic mass is 10.1. The molecule has 0 saturated heterocycles. The highest BCUT2D eigenvalue weighted by Crippen LogP contribution is 2.13. The van der Waals surface area contributed by atoms with E-state index in [4.69, 9.17) is 4.84 Å². The summed E-state index contributed by atoms with van der Waals surface area (Å²) >= 11 is 0. The average molecular weight is 374 g/mol. The molecule has 2 aromatic rings. The highest BCUT2D eigenvalue weighted by Gasteiger charge is 2.22. The molecule has 1 atom stereocenters. The van der Waals surface area contributed by atoms with Crippen LogP contribution in [-0.2, 0) is 11.4 Å². The van der Waals surface area contributed by atoms with Gasteiger partial charge in [0.05, 0.1) is 12.3 Å². The summed E-state index contributed by atoms with van der Waals surface area (Å²) in [6.45, 7) is 5.94. The minimum Gasteiger partial charge on any atom is -0.392 e. The van der Waals surface area contributed by atoms with E-state index in [0.29, 0.717) is 13.0 Å². The van der Waals surface area contributed by atoms with E-state index in [1.807, 2.05) is 57.2 Å². The fourth-order valence-electron chi connectivity index (χ4n) is 2.28. The molecule has 1 amide bonds. The van der Waals surface area contributed by atoms with E-state index in [0.717, 1.165) is 16.8 Å². The van der Waals surface area contributed by atoms with Crippen LogP contribution in [0.15, 0.2) is 46.3 Å². The van der Waals surface area contributed by atoms with Crippen molar-refractivity contribution in [1.82, 2.24) is 24.7 Å². The second-order valence-electron chi connectivity index (χ2n) is 6.59. The summed E-state index contributed by atoms with van der Waals surface area (Å²) in [7, 11) is 1.62. The number of oxime groups is 1. The standard InChI is InChI=1S/C12H20N6O3.C6H6/c1-8(2)16(4)11(19)18-12(20)17(14-15-18)6-5-10-7-9(3)13-21-10;1-2-4-6-5-3-1/h8,10H,5-7H2,1-4H3;1-6H. The summed E-state index contributed by atoms with van der Waals surface area (Å²) in [5, 5.41) is 11.2. The summed E-state index contributed by atoms with van der Waals surface area (Å²) in [5.41, 5.74) is 0.396. The molecular weight excluding hydrogens is 348 g/mol. The molecule has 9 heteroatoms. The third-order valence-electron chi connectivity index (χ3n) is 4.11. The predicted molar refractivity (Wildman–Crippen MR) is 102 cm³/mol. The van der Waals surface area contributed by atoms with Gasteiger partial charge in [0.1, 0.15) is 6.10 Å². The van der Waals surface area contributed by atoms with Crippen molar-refractivity contribution in [2.75, 3.05) is 7.05 Å². The van der Waals surface area contributed by atoms with E-state index in [1.165, 1.54) is 9.58 Å². The van der Waals surface area contributed by atoms with Gasteiger partial charge in [-0.2, -0.15) is 4.68 Å². The van der Waals surface area contributed by atoms with Gasteiger partial charge in [-0.1, -0.05) is 41.6 Å². The summed E-state index contributed by atoms with van der Waals surface area (Å²) in [6, 6.07) is 11.5. The first kappa shape index (κ1) is 20.3. The monoisotopic (exact) mass is 374 g/mol. The van der Waals surface area contributed by atoms with Crippen molar-refractivity contribution in [2.24, 2.45) is 5.16 Å². The zero-order valence-electron chi connectivity index (χ0n) is 16.1. The second-order valence-corrected chi connectivity index (χ2v) is 6.59. The molecule has 146 valence electrons. The lowest BCUT2D eigenvalue weighted by Gasteiger charge is -2.19. The molecule has 3 rings (SSSR count). The first-order valence-electron chi connectivity index (χ1n) is 8.89. The van der Waals surface area contributed by atoms with Crippen molar-refractivity contribution in [3.05, 3.63) is 46.9 Å². The van der Waals surface area contributed by atoms with Crippen molar-refractivity contribution < 1.29 is 9.63 Å². The van der Waals surface area contributed by atoms with E-state index < -0.39 is 11.7 Å². The molecule has 1 aliphatic heterocycles. The molecule has 0 spiro atoms.